The molecule has 1 aromatic heterocycles. The van der Waals surface area contributed by atoms with Gasteiger partial charge in [0.25, 0.3) is 5.95 Å². The van der Waals surface area contributed by atoms with Crippen molar-refractivity contribution >= 4 is 51.4 Å². The fourth-order valence-corrected chi connectivity index (χ4v) is 3.52. The van der Waals surface area contributed by atoms with Crippen molar-refractivity contribution in [1.29, 1.82) is 0 Å². The number of para-hydroxylation sites is 2. The van der Waals surface area contributed by atoms with E-state index in [9.17, 15) is 4.79 Å². The van der Waals surface area contributed by atoms with Gasteiger partial charge in [0.15, 0.2) is 0 Å². The number of rotatable bonds is 9. The molecule has 1 heterocycles. The van der Waals surface area contributed by atoms with Crippen LogP contribution in [0.3, 0.4) is 0 Å². The zero-order valence-electron chi connectivity index (χ0n) is 16.7. The monoisotopic (exact) mass is 505 g/mol. The summed E-state index contributed by atoms with van der Waals surface area (Å²) in [6.07, 6.45) is 1.58. The van der Waals surface area contributed by atoms with E-state index in [1.807, 2.05) is 30.3 Å². The molecular weight excluding hydrogens is 486 g/mol. The molecule has 0 aliphatic rings. The van der Waals surface area contributed by atoms with Crippen LogP contribution in [0.1, 0.15) is 5.56 Å². The number of hydrazone groups is 1. The predicted octanol–water partition coefficient (Wildman–Crippen LogP) is 2.95. The number of nitrogens with one attached hydrogen (secondary N) is 2. The molecule has 3 rings (SSSR count). The van der Waals surface area contributed by atoms with E-state index in [4.69, 9.17) is 15.3 Å². The lowest BCUT2D eigenvalue weighted by Crippen LogP contribution is -2.17. The van der Waals surface area contributed by atoms with Crippen LogP contribution in [0.15, 0.2) is 57.2 Å². The zero-order chi connectivity index (χ0) is 22.2. The summed E-state index contributed by atoms with van der Waals surface area (Å²) in [6, 6.07) is 12.7. The normalized spacial score (nSPS) is 10.8. The molecule has 31 heavy (non-hydrogen) atoms. The summed E-state index contributed by atoms with van der Waals surface area (Å²) in [5.74, 6) is 7.32. The van der Waals surface area contributed by atoms with Crippen molar-refractivity contribution in [2.24, 2.45) is 5.10 Å². The summed E-state index contributed by atoms with van der Waals surface area (Å²) in [7, 11) is 3.12. The predicted molar refractivity (Wildman–Crippen MR) is 124 cm³/mol. The number of hydrogen-bond acceptors (Lipinski definition) is 9. The number of carbonyl (C=O) groups excluding carboxylic acids is 1. The van der Waals surface area contributed by atoms with E-state index in [-0.39, 0.29) is 17.6 Å². The summed E-state index contributed by atoms with van der Waals surface area (Å²) >= 11 is 4.55. The second kappa shape index (κ2) is 10.7. The number of methoxy groups -OCH3 is 2. The molecule has 4 N–H and O–H groups in total. The number of ether oxygens (including phenoxy) is 2. The van der Waals surface area contributed by atoms with Crippen LogP contribution in [-0.2, 0) is 4.79 Å². The van der Waals surface area contributed by atoms with Gasteiger partial charge in [-0.25, -0.2) is 10.1 Å². The molecule has 0 atom stereocenters. The average molecular weight is 506 g/mol. The van der Waals surface area contributed by atoms with Crippen molar-refractivity contribution in [3.05, 3.63) is 52.5 Å². The first-order valence-electron chi connectivity index (χ1n) is 8.90. The van der Waals surface area contributed by atoms with E-state index in [0.717, 1.165) is 21.8 Å². The lowest BCUT2D eigenvalue weighted by molar-refractivity contribution is -0.113. The number of amides is 1. The van der Waals surface area contributed by atoms with Crippen LogP contribution in [0, 0.1) is 0 Å². The second-order valence-electron chi connectivity index (χ2n) is 5.97. The number of anilines is 2. The Morgan fingerprint density at radius 3 is 2.77 bits per heavy atom. The van der Waals surface area contributed by atoms with Crippen molar-refractivity contribution in [1.82, 2.24) is 14.9 Å². The third-order valence-electron chi connectivity index (χ3n) is 3.94. The number of halogens is 1. The van der Waals surface area contributed by atoms with E-state index >= 15 is 0 Å². The number of aromatic nitrogens is 3. The maximum absolute atomic E-state index is 12.2. The SMILES string of the molecule is COc1ccc(Br)cc1/C=N/Nc1nnc(SCC(=O)Nc2ccccc2OC)n1N. The van der Waals surface area contributed by atoms with Crippen molar-refractivity contribution in [2.75, 3.05) is 36.6 Å². The van der Waals surface area contributed by atoms with Gasteiger partial charge in [-0.2, -0.15) is 5.10 Å². The summed E-state index contributed by atoms with van der Waals surface area (Å²) in [6.45, 7) is 0. The van der Waals surface area contributed by atoms with Gasteiger partial charge in [0.05, 0.1) is 31.9 Å². The van der Waals surface area contributed by atoms with Gasteiger partial charge in [0, 0.05) is 10.0 Å². The van der Waals surface area contributed by atoms with E-state index in [1.54, 1.807) is 32.6 Å². The van der Waals surface area contributed by atoms with E-state index in [0.29, 0.717) is 22.3 Å². The van der Waals surface area contributed by atoms with Gasteiger partial charge in [0.2, 0.25) is 11.1 Å². The Kier molecular flexibility index (Phi) is 7.73. The van der Waals surface area contributed by atoms with Gasteiger partial charge in [-0.1, -0.05) is 39.8 Å². The molecule has 0 aliphatic heterocycles. The van der Waals surface area contributed by atoms with Crippen LogP contribution in [0.2, 0.25) is 0 Å². The fourth-order valence-electron chi connectivity index (χ4n) is 2.48. The lowest BCUT2D eigenvalue weighted by atomic mass is 10.2. The van der Waals surface area contributed by atoms with Crippen LogP contribution in [-0.4, -0.2) is 47.0 Å². The minimum absolute atomic E-state index is 0.0892. The number of nitrogen functional groups attached to an aromatic ring is 1. The average Bonchev–Trinajstić information content (AvgIpc) is 3.12. The first kappa shape index (κ1) is 22.4. The number of nitrogens with two attached hydrogens (primary N) is 1. The van der Waals surface area contributed by atoms with E-state index in [2.05, 4.69) is 42.0 Å². The van der Waals surface area contributed by atoms with Crippen LogP contribution in [0.4, 0.5) is 11.6 Å². The molecule has 0 aliphatic carbocycles. The molecule has 0 saturated carbocycles. The van der Waals surface area contributed by atoms with Gasteiger partial charge >= 0.3 is 0 Å². The summed E-state index contributed by atoms with van der Waals surface area (Å²) in [4.78, 5) is 12.2. The largest absolute Gasteiger partial charge is 0.496 e. The van der Waals surface area contributed by atoms with E-state index in [1.165, 1.54) is 4.68 Å². The number of benzene rings is 2. The lowest BCUT2D eigenvalue weighted by Gasteiger charge is -2.09. The standard InChI is InChI=1S/C19H20BrN7O3S/c1-29-15-8-7-13(20)9-12(15)10-22-24-18-25-26-19(27(18)21)31-11-17(28)23-14-5-3-4-6-16(14)30-2/h3-10H,11,21H2,1-2H3,(H,23,28)(H,24,25)/b22-10+. The number of nitrogens with zero attached hydrogens (tertiary/aromatic N) is 4. The van der Waals surface area contributed by atoms with Gasteiger partial charge in [-0.3, -0.25) is 4.79 Å². The molecule has 1 amide bonds. The molecule has 0 bridgehead atoms. The summed E-state index contributed by atoms with van der Waals surface area (Å²) < 4.78 is 12.6. The van der Waals surface area contributed by atoms with Crippen LogP contribution < -0.4 is 26.1 Å². The molecular formula is C19H20BrN7O3S. The number of carbonyl (C=O) groups is 1. The molecule has 0 unspecified atom stereocenters. The zero-order valence-corrected chi connectivity index (χ0v) is 19.1. The molecule has 2 aromatic carbocycles. The Labute approximate surface area is 191 Å². The van der Waals surface area contributed by atoms with Crippen LogP contribution in [0.25, 0.3) is 0 Å². The highest BCUT2D eigenvalue weighted by atomic mass is 79.9. The van der Waals surface area contributed by atoms with Gasteiger partial charge in [0.1, 0.15) is 11.5 Å². The van der Waals surface area contributed by atoms with E-state index < -0.39 is 0 Å². The van der Waals surface area contributed by atoms with Crippen molar-refractivity contribution in [3.63, 3.8) is 0 Å². The maximum atomic E-state index is 12.2. The molecule has 0 radical (unpaired) electrons. The highest BCUT2D eigenvalue weighted by Gasteiger charge is 2.13. The first-order valence-corrected chi connectivity index (χ1v) is 10.7. The summed E-state index contributed by atoms with van der Waals surface area (Å²) in [5.41, 5.74) is 4.07. The minimum atomic E-state index is -0.230. The quantitative estimate of drug-likeness (QED) is 0.175. The van der Waals surface area contributed by atoms with Gasteiger partial charge in [-0.05, 0) is 30.3 Å². The van der Waals surface area contributed by atoms with Crippen molar-refractivity contribution < 1.29 is 14.3 Å². The molecule has 3 aromatic rings. The first-order chi connectivity index (χ1) is 15.0. The molecule has 0 spiro atoms. The van der Waals surface area contributed by atoms with Gasteiger partial charge < -0.3 is 20.6 Å². The minimum Gasteiger partial charge on any atom is -0.496 e. The second-order valence-corrected chi connectivity index (χ2v) is 7.83. The summed E-state index contributed by atoms with van der Waals surface area (Å²) in [5, 5.41) is 15.2. The third-order valence-corrected chi connectivity index (χ3v) is 5.37. The molecule has 0 saturated heterocycles. The Morgan fingerprint density at radius 1 is 1.23 bits per heavy atom. The topological polar surface area (TPSA) is 129 Å². The van der Waals surface area contributed by atoms with Crippen LogP contribution in [0.5, 0.6) is 11.5 Å². The maximum Gasteiger partial charge on any atom is 0.264 e. The number of hydrogen-bond donors (Lipinski definition) is 3. The molecule has 10 nitrogen and oxygen atoms in total. The Morgan fingerprint density at radius 2 is 2.00 bits per heavy atom. The van der Waals surface area contributed by atoms with Crippen molar-refractivity contribution in [3.8, 4) is 11.5 Å². The molecule has 0 fully saturated rings. The number of thioether (sulfide) groups is 1. The third kappa shape index (κ3) is 5.89. The van der Waals surface area contributed by atoms with Gasteiger partial charge in [-0.15, -0.1) is 10.2 Å². The molecule has 162 valence electrons. The fraction of sp³-hybridized carbons (Fsp3) is 0.158. The Balaban J connectivity index is 1.58. The molecule has 12 heteroatoms. The van der Waals surface area contributed by atoms with Crippen LogP contribution >= 0.6 is 27.7 Å². The highest BCUT2D eigenvalue weighted by molar-refractivity contribution is 9.10. The van der Waals surface area contributed by atoms with Crippen molar-refractivity contribution in [2.45, 2.75) is 5.16 Å². The Bertz CT molecular complexity index is 1090. The highest BCUT2D eigenvalue weighted by Crippen LogP contribution is 2.24. The smallest absolute Gasteiger partial charge is 0.264 e. The Hall–Kier alpha value is -3.25.